The van der Waals surface area contributed by atoms with Crippen LogP contribution >= 0.6 is 23.5 Å². The molecule has 1 fully saturated rings. The predicted octanol–water partition coefficient (Wildman–Crippen LogP) is 14.0. The summed E-state index contributed by atoms with van der Waals surface area (Å²) in [7, 11) is 0. The van der Waals surface area contributed by atoms with Crippen LogP contribution in [0.2, 0.25) is 0 Å². The van der Waals surface area contributed by atoms with Crippen LogP contribution < -0.4 is 15.3 Å². The van der Waals surface area contributed by atoms with Crippen molar-refractivity contribution in [1.29, 1.82) is 0 Å². The predicted molar refractivity (Wildman–Crippen MR) is 253 cm³/mol. The molecular weight excluding hydrogens is 740 g/mol. The van der Waals surface area contributed by atoms with E-state index in [0.717, 1.165) is 12.8 Å². The van der Waals surface area contributed by atoms with Gasteiger partial charge in [0.2, 0.25) is 6.71 Å². The van der Waals surface area contributed by atoms with Crippen LogP contribution in [0.1, 0.15) is 128 Å². The van der Waals surface area contributed by atoms with E-state index in [0.29, 0.717) is 0 Å². The normalized spacial score (nSPS) is 21.9. The lowest BCUT2D eigenvalue weighted by Gasteiger charge is -2.50. The lowest BCUT2D eigenvalue weighted by atomic mass is 9.35. The molecule has 296 valence electrons. The lowest BCUT2D eigenvalue weighted by Crippen LogP contribution is -2.60. The van der Waals surface area contributed by atoms with Crippen molar-refractivity contribution in [2.45, 2.75) is 144 Å². The van der Waals surface area contributed by atoms with Gasteiger partial charge in [0.1, 0.15) is 0 Å². The maximum absolute atomic E-state index is 2.85. The fraction of sp³-hybridized carbons (Fsp3) is 0.396. The second-order valence-corrected chi connectivity index (χ2v) is 24.5. The molecule has 10 rings (SSSR count). The first-order valence-corrected chi connectivity index (χ1v) is 23.1. The van der Waals surface area contributed by atoms with Crippen LogP contribution in [0, 0.1) is 6.92 Å². The van der Waals surface area contributed by atoms with Crippen molar-refractivity contribution in [3.05, 3.63) is 147 Å². The number of allylic oxidation sites excluding steroid dienone is 1. The number of rotatable bonds is 2. The minimum Gasteiger partial charge on any atom is -0.331 e. The Labute approximate surface area is 357 Å². The van der Waals surface area contributed by atoms with E-state index in [-0.39, 0.29) is 38.6 Å². The van der Waals surface area contributed by atoms with Gasteiger partial charge in [-0.2, -0.15) is 0 Å². The highest BCUT2D eigenvalue weighted by Gasteiger charge is 2.83. The van der Waals surface area contributed by atoms with E-state index in [2.05, 4.69) is 220 Å². The van der Waals surface area contributed by atoms with Gasteiger partial charge in [-0.3, -0.25) is 0 Å². The Morgan fingerprint density at radius 2 is 1.16 bits per heavy atom. The molecule has 5 heteroatoms. The average molecular weight is 799 g/mol. The van der Waals surface area contributed by atoms with Crippen molar-refractivity contribution in [1.82, 2.24) is 0 Å². The number of fused-ring (bicyclic) bond motifs is 3. The summed E-state index contributed by atoms with van der Waals surface area (Å²) in [5.41, 5.74) is 18.3. The van der Waals surface area contributed by atoms with Gasteiger partial charge in [-0.1, -0.05) is 138 Å². The van der Waals surface area contributed by atoms with E-state index in [1.807, 2.05) is 0 Å². The van der Waals surface area contributed by atoms with Gasteiger partial charge >= 0.3 is 0 Å². The fourth-order valence-corrected chi connectivity index (χ4v) is 13.9. The minimum atomic E-state index is -0.163. The first kappa shape index (κ1) is 38.4. The summed E-state index contributed by atoms with van der Waals surface area (Å²) >= 11 is 4.27. The van der Waals surface area contributed by atoms with Crippen LogP contribution in [-0.2, 0) is 33.6 Å². The van der Waals surface area contributed by atoms with Gasteiger partial charge in [-0.05, 0) is 127 Å². The Balaban J connectivity index is 1.25. The molecule has 5 aliphatic rings. The SMILES string of the molecule is Cc1cc(C(C)(C)C)ccc1N1c2cccc3c2B(C2=C(Cc4cc(C(C)(C)C)ccc4S2)N3c2ccc(C(C)(C)C)cc2)C23CC12c1cc(C(C)(C)C)ccc1S3. The number of thioether (sulfide) groups is 2. The molecule has 5 aromatic rings. The standard InChI is InChI=1S/C53H59BN2S2/c1-32-27-35(49(5,6)7)19-24-40(32)56-42-16-14-15-41-46(42)54(53-31-52(53,56)39-30-37(51(11,12)13)21-26-45(39)58-53)47-43(55(41)38-22-17-34(18-23-38)48(2,3)4)29-33-28-36(50(8,9)10)20-25-44(33)57-47/h14-28,30H,29,31H2,1-13H3. The molecule has 2 unspecified atom stereocenters. The maximum Gasteiger partial charge on any atom is 0.246 e. The highest BCUT2D eigenvalue weighted by Crippen LogP contribution is 2.80. The molecule has 1 aliphatic carbocycles. The average Bonchev–Trinajstić information content (AvgIpc) is 3.73. The van der Waals surface area contributed by atoms with E-state index in [1.165, 1.54) is 82.6 Å². The van der Waals surface area contributed by atoms with Gasteiger partial charge in [0.05, 0.1) is 5.54 Å². The Morgan fingerprint density at radius 3 is 1.79 bits per heavy atom. The molecule has 0 bridgehead atoms. The van der Waals surface area contributed by atoms with Crippen molar-refractivity contribution in [3.63, 3.8) is 0 Å². The molecule has 0 amide bonds. The van der Waals surface area contributed by atoms with Crippen molar-refractivity contribution < 1.29 is 0 Å². The van der Waals surface area contributed by atoms with Crippen LogP contribution in [-0.4, -0.2) is 11.4 Å². The molecule has 0 spiro atoms. The molecule has 4 heterocycles. The molecule has 0 radical (unpaired) electrons. The number of hydrogen-bond acceptors (Lipinski definition) is 4. The first-order chi connectivity index (χ1) is 27.1. The highest BCUT2D eigenvalue weighted by molar-refractivity contribution is 8.07. The van der Waals surface area contributed by atoms with Crippen LogP contribution in [0.3, 0.4) is 0 Å². The van der Waals surface area contributed by atoms with Crippen LogP contribution in [0.15, 0.2) is 117 Å². The zero-order valence-corrected chi connectivity index (χ0v) is 38.6. The Morgan fingerprint density at radius 1 is 0.586 bits per heavy atom. The quantitative estimate of drug-likeness (QED) is 0.164. The summed E-state index contributed by atoms with van der Waals surface area (Å²) in [5, 5.41) is 0. The van der Waals surface area contributed by atoms with E-state index in [4.69, 9.17) is 0 Å². The summed E-state index contributed by atoms with van der Waals surface area (Å²) in [6.45, 7) is 30.7. The molecular formula is C53H59BN2S2. The summed E-state index contributed by atoms with van der Waals surface area (Å²) < 4.78 is -0.0390. The van der Waals surface area contributed by atoms with Crippen molar-refractivity contribution in [3.8, 4) is 0 Å². The molecule has 0 N–H and O–H groups in total. The monoisotopic (exact) mass is 798 g/mol. The van der Waals surface area contributed by atoms with Crippen molar-refractivity contribution in [2.75, 3.05) is 9.80 Å². The third kappa shape index (κ3) is 5.40. The Hall–Kier alpha value is -3.80. The number of nitrogens with zero attached hydrogens (tertiary/aromatic N) is 2. The molecule has 2 nitrogen and oxygen atoms in total. The van der Waals surface area contributed by atoms with Gasteiger partial charge < -0.3 is 9.80 Å². The Kier molecular flexibility index (Phi) is 8.05. The minimum absolute atomic E-state index is 0.0390. The summed E-state index contributed by atoms with van der Waals surface area (Å²) in [6.07, 6.45) is 2.05. The van der Waals surface area contributed by atoms with E-state index < -0.39 is 0 Å². The summed E-state index contributed by atoms with van der Waals surface area (Å²) in [6, 6.07) is 38.9. The van der Waals surface area contributed by atoms with Crippen LogP contribution in [0.4, 0.5) is 22.7 Å². The smallest absolute Gasteiger partial charge is 0.246 e. The zero-order valence-electron chi connectivity index (χ0n) is 36.9. The number of benzene rings is 5. The molecule has 1 saturated carbocycles. The fourth-order valence-electron chi connectivity index (χ4n) is 10.6. The summed E-state index contributed by atoms with van der Waals surface area (Å²) in [5.74, 6) is 0. The molecule has 58 heavy (non-hydrogen) atoms. The third-order valence-electron chi connectivity index (χ3n) is 14.0. The van der Waals surface area contributed by atoms with Crippen LogP contribution in [0.25, 0.3) is 0 Å². The second-order valence-electron chi connectivity index (χ2n) is 22.0. The third-order valence-corrected chi connectivity index (χ3v) is 16.9. The first-order valence-electron chi connectivity index (χ1n) is 21.5. The van der Waals surface area contributed by atoms with Gasteiger partial charge in [0.25, 0.3) is 0 Å². The highest BCUT2D eigenvalue weighted by atomic mass is 32.2. The molecule has 0 saturated heterocycles. The summed E-state index contributed by atoms with van der Waals surface area (Å²) in [4.78, 5) is 9.94. The van der Waals surface area contributed by atoms with Gasteiger partial charge in [0, 0.05) is 49.3 Å². The van der Waals surface area contributed by atoms with E-state index in [9.17, 15) is 0 Å². The van der Waals surface area contributed by atoms with E-state index in [1.54, 1.807) is 4.80 Å². The number of hydrogen-bond donors (Lipinski definition) is 0. The number of aryl methyl sites for hydroxylation is 1. The van der Waals surface area contributed by atoms with Crippen molar-refractivity contribution >= 4 is 58.4 Å². The topological polar surface area (TPSA) is 6.48 Å². The Bertz CT molecular complexity index is 2590. The van der Waals surface area contributed by atoms with Crippen LogP contribution in [0.5, 0.6) is 0 Å². The molecule has 0 aromatic heterocycles. The lowest BCUT2D eigenvalue weighted by molar-refractivity contribution is 0.584. The number of anilines is 4. The maximum atomic E-state index is 2.85. The van der Waals surface area contributed by atoms with Crippen molar-refractivity contribution in [2.24, 2.45) is 0 Å². The van der Waals surface area contributed by atoms with Gasteiger partial charge in [0.15, 0.2) is 0 Å². The molecule has 5 aromatic carbocycles. The largest absolute Gasteiger partial charge is 0.331 e. The molecule has 4 aliphatic heterocycles. The zero-order chi connectivity index (χ0) is 41.1. The van der Waals surface area contributed by atoms with Gasteiger partial charge in [-0.15, -0.1) is 23.5 Å². The van der Waals surface area contributed by atoms with Gasteiger partial charge in [-0.25, -0.2) is 0 Å². The molecule has 2 atom stereocenters. The van der Waals surface area contributed by atoms with E-state index >= 15 is 0 Å². The second kappa shape index (κ2) is 12.2.